The van der Waals surface area contributed by atoms with E-state index in [1.165, 1.54) is 33.0 Å². The maximum absolute atomic E-state index is 12.4. The van der Waals surface area contributed by atoms with E-state index in [0.717, 1.165) is 5.56 Å². The minimum atomic E-state index is -0.157. The molecule has 0 spiro atoms. The minimum Gasteiger partial charge on any atom is -0.493 e. The van der Waals surface area contributed by atoms with Crippen molar-refractivity contribution < 1.29 is 19.0 Å². The summed E-state index contributed by atoms with van der Waals surface area (Å²) in [6.45, 7) is 2.70. The summed E-state index contributed by atoms with van der Waals surface area (Å²) in [6, 6.07) is 11.5. The Bertz CT molecular complexity index is 726. The Kier molecular flexibility index (Phi) is 6.46. The van der Waals surface area contributed by atoms with E-state index in [1.54, 1.807) is 18.3 Å². The number of methoxy groups -OCH3 is 3. The fourth-order valence-corrected chi connectivity index (χ4v) is 2.34. The van der Waals surface area contributed by atoms with E-state index >= 15 is 0 Å². The molecule has 5 nitrogen and oxygen atoms in total. The van der Waals surface area contributed by atoms with Crippen molar-refractivity contribution in [1.82, 2.24) is 5.32 Å². The third-order valence-corrected chi connectivity index (χ3v) is 3.73. The van der Waals surface area contributed by atoms with Gasteiger partial charge in [0.25, 0.3) is 0 Å². The van der Waals surface area contributed by atoms with Gasteiger partial charge in [-0.05, 0) is 24.6 Å². The average Bonchev–Trinajstić information content (AvgIpc) is 2.65. The number of ketones is 1. The van der Waals surface area contributed by atoms with Crippen LogP contribution in [0.4, 0.5) is 0 Å². The van der Waals surface area contributed by atoms with Crippen LogP contribution in [0.1, 0.15) is 21.5 Å². The summed E-state index contributed by atoms with van der Waals surface area (Å²) < 4.78 is 15.8. The first-order chi connectivity index (χ1) is 12.1. The third kappa shape index (κ3) is 4.76. The summed E-state index contributed by atoms with van der Waals surface area (Å²) in [5, 5.41) is 3.11. The van der Waals surface area contributed by atoms with E-state index < -0.39 is 0 Å². The SMILES string of the molecule is COc1cc(C(=O)/C=C/NCc2ccc(C)cc2)cc(OC)c1OC. The smallest absolute Gasteiger partial charge is 0.203 e. The number of carbonyl (C=O) groups excluding carboxylic acids is 1. The van der Waals surface area contributed by atoms with E-state index in [0.29, 0.717) is 29.4 Å². The molecule has 0 aliphatic heterocycles. The van der Waals surface area contributed by atoms with Gasteiger partial charge < -0.3 is 19.5 Å². The van der Waals surface area contributed by atoms with Gasteiger partial charge in [-0.1, -0.05) is 29.8 Å². The molecule has 0 aliphatic rings. The second kappa shape index (κ2) is 8.78. The highest BCUT2D eigenvalue weighted by Gasteiger charge is 2.15. The van der Waals surface area contributed by atoms with Crippen molar-refractivity contribution in [2.75, 3.05) is 21.3 Å². The monoisotopic (exact) mass is 341 g/mol. The molecule has 0 bridgehead atoms. The van der Waals surface area contributed by atoms with Gasteiger partial charge in [-0.15, -0.1) is 0 Å². The van der Waals surface area contributed by atoms with Crippen LogP contribution in [-0.2, 0) is 6.54 Å². The van der Waals surface area contributed by atoms with Crippen LogP contribution in [0.5, 0.6) is 17.2 Å². The standard InChI is InChI=1S/C20H23NO4/c1-14-5-7-15(8-6-14)13-21-10-9-17(22)16-11-18(23-2)20(25-4)19(12-16)24-3/h5-12,21H,13H2,1-4H3/b10-9+. The molecule has 2 rings (SSSR count). The molecular formula is C20H23NO4. The van der Waals surface area contributed by atoms with Crippen LogP contribution < -0.4 is 19.5 Å². The molecular weight excluding hydrogens is 318 g/mol. The number of allylic oxidation sites excluding steroid dienone is 1. The fourth-order valence-electron chi connectivity index (χ4n) is 2.34. The summed E-state index contributed by atoms with van der Waals surface area (Å²) in [5.74, 6) is 1.20. The number of hydrogen-bond acceptors (Lipinski definition) is 5. The number of aryl methyl sites for hydroxylation is 1. The van der Waals surface area contributed by atoms with Gasteiger partial charge in [0.2, 0.25) is 5.75 Å². The van der Waals surface area contributed by atoms with Gasteiger partial charge in [-0.25, -0.2) is 0 Å². The van der Waals surface area contributed by atoms with Crippen molar-refractivity contribution in [1.29, 1.82) is 0 Å². The molecule has 0 aliphatic carbocycles. The number of ether oxygens (including phenoxy) is 3. The molecule has 0 heterocycles. The van der Waals surface area contributed by atoms with E-state index in [9.17, 15) is 4.79 Å². The lowest BCUT2D eigenvalue weighted by atomic mass is 10.1. The second-order valence-corrected chi connectivity index (χ2v) is 5.48. The van der Waals surface area contributed by atoms with E-state index in [4.69, 9.17) is 14.2 Å². The highest BCUT2D eigenvalue weighted by molar-refractivity contribution is 6.05. The van der Waals surface area contributed by atoms with Gasteiger partial charge in [0.15, 0.2) is 17.3 Å². The zero-order valence-corrected chi connectivity index (χ0v) is 15.0. The zero-order valence-electron chi connectivity index (χ0n) is 15.0. The van der Waals surface area contributed by atoms with Crippen LogP contribution in [-0.4, -0.2) is 27.1 Å². The van der Waals surface area contributed by atoms with Crippen LogP contribution in [0.15, 0.2) is 48.7 Å². The van der Waals surface area contributed by atoms with Crippen molar-refractivity contribution in [3.63, 3.8) is 0 Å². The molecule has 0 radical (unpaired) electrons. The Morgan fingerprint density at radius 1 is 1.00 bits per heavy atom. The second-order valence-electron chi connectivity index (χ2n) is 5.48. The number of benzene rings is 2. The van der Waals surface area contributed by atoms with Crippen LogP contribution >= 0.6 is 0 Å². The molecule has 0 saturated heterocycles. The molecule has 0 fully saturated rings. The maximum atomic E-state index is 12.4. The summed E-state index contributed by atoms with van der Waals surface area (Å²) in [5.41, 5.74) is 2.83. The Morgan fingerprint density at radius 3 is 2.12 bits per heavy atom. The Labute approximate surface area is 148 Å². The van der Waals surface area contributed by atoms with Gasteiger partial charge in [0.1, 0.15) is 0 Å². The Hall–Kier alpha value is -2.95. The first-order valence-corrected chi connectivity index (χ1v) is 7.89. The summed E-state index contributed by atoms with van der Waals surface area (Å²) in [4.78, 5) is 12.4. The normalized spacial score (nSPS) is 10.6. The minimum absolute atomic E-state index is 0.157. The molecule has 5 heteroatoms. The van der Waals surface area contributed by atoms with E-state index in [1.807, 2.05) is 6.92 Å². The molecule has 0 unspecified atom stereocenters. The first-order valence-electron chi connectivity index (χ1n) is 7.89. The molecule has 1 N–H and O–H groups in total. The Balaban J connectivity index is 2.05. The fraction of sp³-hybridized carbons (Fsp3) is 0.250. The van der Waals surface area contributed by atoms with Crippen LogP contribution in [0.3, 0.4) is 0 Å². The zero-order chi connectivity index (χ0) is 18.2. The predicted octanol–water partition coefficient (Wildman–Crippen LogP) is 3.51. The number of hydrogen-bond donors (Lipinski definition) is 1. The lowest BCUT2D eigenvalue weighted by Crippen LogP contribution is -2.06. The van der Waals surface area contributed by atoms with Crippen LogP contribution in [0.25, 0.3) is 0 Å². The number of nitrogens with one attached hydrogen (secondary N) is 1. The summed E-state index contributed by atoms with van der Waals surface area (Å²) in [7, 11) is 4.56. The first kappa shape index (κ1) is 18.4. The predicted molar refractivity (Wildman–Crippen MR) is 97.6 cm³/mol. The molecule has 2 aromatic rings. The summed E-state index contributed by atoms with van der Waals surface area (Å²) >= 11 is 0. The third-order valence-electron chi connectivity index (χ3n) is 3.73. The molecule has 0 aromatic heterocycles. The number of carbonyl (C=O) groups is 1. The molecule has 0 saturated carbocycles. The highest BCUT2D eigenvalue weighted by atomic mass is 16.5. The van der Waals surface area contributed by atoms with Crippen LogP contribution in [0, 0.1) is 6.92 Å². The Morgan fingerprint density at radius 2 is 1.60 bits per heavy atom. The van der Waals surface area contributed by atoms with Crippen molar-refractivity contribution in [3.05, 3.63) is 65.4 Å². The quantitative estimate of drug-likeness (QED) is 0.588. The molecule has 25 heavy (non-hydrogen) atoms. The van der Waals surface area contributed by atoms with Crippen molar-refractivity contribution >= 4 is 5.78 Å². The lowest BCUT2D eigenvalue weighted by molar-refractivity contribution is 0.104. The van der Waals surface area contributed by atoms with Gasteiger partial charge in [0.05, 0.1) is 21.3 Å². The highest BCUT2D eigenvalue weighted by Crippen LogP contribution is 2.38. The average molecular weight is 341 g/mol. The molecule has 0 amide bonds. The van der Waals surface area contributed by atoms with Gasteiger partial charge in [-0.3, -0.25) is 4.79 Å². The van der Waals surface area contributed by atoms with Gasteiger partial charge in [0, 0.05) is 24.4 Å². The topological polar surface area (TPSA) is 56.8 Å². The largest absolute Gasteiger partial charge is 0.493 e. The van der Waals surface area contributed by atoms with Crippen molar-refractivity contribution in [3.8, 4) is 17.2 Å². The van der Waals surface area contributed by atoms with E-state index in [2.05, 4.69) is 29.6 Å². The molecule has 2 aromatic carbocycles. The lowest BCUT2D eigenvalue weighted by Gasteiger charge is -2.13. The van der Waals surface area contributed by atoms with Crippen molar-refractivity contribution in [2.45, 2.75) is 13.5 Å². The molecule has 132 valence electrons. The maximum Gasteiger partial charge on any atom is 0.203 e. The van der Waals surface area contributed by atoms with Crippen molar-refractivity contribution in [2.24, 2.45) is 0 Å². The van der Waals surface area contributed by atoms with Gasteiger partial charge >= 0.3 is 0 Å². The van der Waals surface area contributed by atoms with Gasteiger partial charge in [-0.2, -0.15) is 0 Å². The van der Waals surface area contributed by atoms with E-state index in [-0.39, 0.29) is 5.78 Å². The molecule has 0 atom stereocenters. The van der Waals surface area contributed by atoms with Crippen LogP contribution in [0.2, 0.25) is 0 Å². The summed E-state index contributed by atoms with van der Waals surface area (Å²) in [6.07, 6.45) is 3.13. The number of rotatable bonds is 8.